The average molecular weight is 978 g/mol. The minimum absolute atomic E-state index is 0.158. The van der Waals surface area contributed by atoms with Crippen LogP contribution in [0.1, 0.15) is 213 Å². The highest BCUT2D eigenvalue weighted by Gasteiger charge is 2.19. The van der Waals surface area contributed by atoms with Crippen molar-refractivity contribution in [2.24, 2.45) is 0 Å². The van der Waals surface area contributed by atoms with Crippen molar-refractivity contribution in [2.45, 2.75) is 219 Å². The van der Waals surface area contributed by atoms with E-state index in [1.165, 1.54) is 77.0 Å². The van der Waals surface area contributed by atoms with Crippen LogP contribution in [0.25, 0.3) is 0 Å². The minimum Gasteiger partial charge on any atom is -0.462 e. The molecule has 0 aliphatic rings. The first-order valence-electron chi connectivity index (χ1n) is 28.0. The Morgan fingerprint density at radius 3 is 0.817 bits per heavy atom. The lowest BCUT2D eigenvalue weighted by atomic mass is 10.2. The molecule has 0 unspecified atom stereocenters. The van der Waals surface area contributed by atoms with Gasteiger partial charge in [-0.05, 0) is 135 Å². The smallest absolute Gasteiger partial charge is 0.306 e. The quantitative estimate of drug-likeness (QED) is 0.0262. The maximum atomic E-state index is 12.8. The zero-order chi connectivity index (χ0) is 51.4. The van der Waals surface area contributed by atoms with Crippen LogP contribution in [-0.4, -0.2) is 37.2 Å². The molecular weight excluding hydrogens is 877 g/mol. The van der Waals surface area contributed by atoms with Gasteiger partial charge in [0.15, 0.2) is 6.10 Å². The SMILES string of the molecule is CCCCC/C=C\C/C=C\C/C=C\C/C=C\C/C=C\CCC(=O)OC[C@H](COC(=O)CCC/C=C\C/C=C\C/C=C\C/C=C\CCCCC)OC(=O)CCC/C=C\C/C=C\C/C=C\C/C=C\CCCCC. The number of hydrogen-bond acceptors (Lipinski definition) is 6. The van der Waals surface area contributed by atoms with Gasteiger partial charge in [-0.3, -0.25) is 14.4 Å². The summed E-state index contributed by atoms with van der Waals surface area (Å²) in [7, 11) is 0. The monoisotopic (exact) mass is 977 g/mol. The Balaban J connectivity index is 4.70. The summed E-state index contributed by atoms with van der Waals surface area (Å²) in [5.74, 6) is -1.16. The van der Waals surface area contributed by atoms with Crippen LogP contribution in [0.2, 0.25) is 0 Å². The molecule has 0 bridgehead atoms. The molecule has 0 fully saturated rings. The Labute approximate surface area is 435 Å². The fraction of sp³-hybridized carbons (Fsp3) is 0.554. The van der Waals surface area contributed by atoms with Crippen molar-refractivity contribution >= 4 is 17.9 Å². The number of carbonyl (C=O) groups excluding carboxylic acids is 3. The van der Waals surface area contributed by atoms with Gasteiger partial charge in [0.05, 0.1) is 0 Å². The standard InChI is InChI=1S/C65H100O6/c1-4-7-10-13-16-19-22-25-28-31-32-35-37-40-43-46-49-52-55-58-64(67)70-61-62(71-65(68)59-56-53-50-47-44-41-38-34-30-27-24-21-18-15-12-9-6-3)60-69-63(66)57-54-51-48-45-42-39-36-33-29-26-23-20-17-14-11-8-5-2/h16-21,25-30,32,35-36,38-41,43,45,47-50,52,62H,4-15,22-24,31,33-34,37,42,44,46,51,53-61H2,1-3H3/b19-16-,20-17-,21-18-,28-25-,29-26-,30-27-,35-32-,39-36-,41-38-,43-40-,48-45-,50-47-,52-49-/t62-/m0/s1. The fourth-order valence-electron chi connectivity index (χ4n) is 6.76. The third-order valence-electron chi connectivity index (χ3n) is 11.0. The molecule has 0 aliphatic heterocycles. The summed E-state index contributed by atoms with van der Waals surface area (Å²) in [6.07, 6.45) is 83.9. The van der Waals surface area contributed by atoms with E-state index in [0.29, 0.717) is 19.3 Å². The zero-order valence-electron chi connectivity index (χ0n) is 45.2. The summed E-state index contributed by atoms with van der Waals surface area (Å²) in [6.45, 7) is 6.37. The Morgan fingerprint density at radius 1 is 0.282 bits per heavy atom. The fourth-order valence-corrected chi connectivity index (χ4v) is 6.76. The van der Waals surface area contributed by atoms with Crippen LogP contribution in [0.4, 0.5) is 0 Å². The third kappa shape index (κ3) is 55.8. The Bertz CT molecular complexity index is 1640. The molecule has 71 heavy (non-hydrogen) atoms. The predicted molar refractivity (Wildman–Crippen MR) is 306 cm³/mol. The molecule has 0 radical (unpaired) electrons. The summed E-state index contributed by atoms with van der Waals surface area (Å²) in [5, 5.41) is 0. The molecule has 396 valence electrons. The van der Waals surface area contributed by atoms with Crippen molar-refractivity contribution in [1.29, 1.82) is 0 Å². The Morgan fingerprint density at radius 2 is 0.521 bits per heavy atom. The summed E-state index contributed by atoms with van der Waals surface area (Å²) in [6, 6.07) is 0. The number of ether oxygens (including phenoxy) is 3. The van der Waals surface area contributed by atoms with Crippen molar-refractivity contribution in [2.75, 3.05) is 13.2 Å². The van der Waals surface area contributed by atoms with Gasteiger partial charge in [-0.25, -0.2) is 0 Å². The number of carbonyl (C=O) groups is 3. The molecule has 1 atom stereocenters. The van der Waals surface area contributed by atoms with Crippen LogP contribution >= 0.6 is 0 Å². The molecule has 0 aromatic carbocycles. The Kier molecular flexibility index (Phi) is 53.6. The maximum Gasteiger partial charge on any atom is 0.306 e. The summed E-state index contributed by atoms with van der Waals surface area (Å²) >= 11 is 0. The van der Waals surface area contributed by atoms with Gasteiger partial charge in [-0.15, -0.1) is 0 Å². The molecule has 0 heterocycles. The topological polar surface area (TPSA) is 78.9 Å². The van der Waals surface area contributed by atoms with Crippen LogP contribution in [-0.2, 0) is 28.6 Å². The van der Waals surface area contributed by atoms with E-state index < -0.39 is 12.1 Å². The van der Waals surface area contributed by atoms with Crippen molar-refractivity contribution in [3.63, 3.8) is 0 Å². The Hall–Kier alpha value is -4.97. The van der Waals surface area contributed by atoms with E-state index in [4.69, 9.17) is 14.2 Å². The largest absolute Gasteiger partial charge is 0.462 e. The predicted octanol–water partition coefficient (Wildman–Crippen LogP) is 19.0. The van der Waals surface area contributed by atoms with Crippen molar-refractivity contribution < 1.29 is 28.6 Å². The molecule has 0 saturated carbocycles. The molecule has 0 aromatic rings. The normalized spacial score (nSPS) is 13.3. The maximum absolute atomic E-state index is 12.8. The first-order chi connectivity index (χ1) is 35.0. The molecule has 0 amide bonds. The van der Waals surface area contributed by atoms with Gasteiger partial charge in [0.1, 0.15) is 13.2 Å². The first kappa shape index (κ1) is 66.0. The molecule has 0 saturated heterocycles. The summed E-state index contributed by atoms with van der Waals surface area (Å²) in [5.41, 5.74) is 0. The molecule has 0 aliphatic carbocycles. The van der Waals surface area contributed by atoms with Gasteiger partial charge in [0.2, 0.25) is 0 Å². The van der Waals surface area contributed by atoms with E-state index in [9.17, 15) is 14.4 Å². The number of esters is 3. The lowest BCUT2D eigenvalue weighted by Gasteiger charge is -2.18. The highest BCUT2D eigenvalue weighted by atomic mass is 16.6. The molecular formula is C65H100O6. The number of hydrogen-bond donors (Lipinski definition) is 0. The molecule has 6 nitrogen and oxygen atoms in total. The van der Waals surface area contributed by atoms with Crippen molar-refractivity contribution in [3.05, 3.63) is 158 Å². The van der Waals surface area contributed by atoms with Gasteiger partial charge in [-0.2, -0.15) is 0 Å². The van der Waals surface area contributed by atoms with Crippen molar-refractivity contribution in [3.8, 4) is 0 Å². The van der Waals surface area contributed by atoms with Gasteiger partial charge in [0.25, 0.3) is 0 Å². The third-order valence-corrected chi connectivity index (χ3v) is 11.0. The van der Waals surface area contributed by atoms with E-state index in [1.807, 2.05) is 12.2 Å². The van der Waals surface area contributed by atoms with E-state index in [0.717, 1.165) is 77.0 Å². The number of rotatable bonds is 48. The van der Waals surface area contributed by atoms with Crippen LogP contribution in [0.5, 0.6) is 0 Å². The molecule has 0 N–H and O–H groups in total. The summed E-state index contributed by atoms with van der Waals surface area (Å²) < 4.78 is 16.7. The molecule has 0 aromatic heterocycles. The molecule has 6 heteroatoms. The number of allylic oxidation sites excluding steroid dienone is 26. The van der Waals surface area contributed by atoms with Gasteiger partial charge >= 0.3 is 17.9 Å². The lowest BCUT2D eigenvalue weighted by molar-refractivity contribution is -0.166. The highest BCUT2D eigenvalue weighted by Crippen LogP contribution is 2.09. The average Bonchev–Trinajstić information content (AvgIpc) is 3.37. The second-order valence-electron chi connectivity index (χ2n) is 17.8. The van der Waals surface area contributed by atoms with Crippen LogP contribution in [0, 0.1) is 0 Å². The number of unbranched alkanes of at least 4 members (excludes halogenated alkanes) is 11. The van der Waals surface area contributed by atoms with Crippen LogP contribution < -0.4 is 0 Å². The second kappa shape index (κ2) is 57.6. The first-order valence-corrected chi connectivity index (χ1v) is 28.0. The zero-order valence-corrected chi connectivity index (χ0v) is 45.2. The second-order valence-corrected chi connectivity index (χ2v) is 17.8. The van der Waals surface area contributed by atoms with Crippen LogP contribution in [0.15, 0.2) is 158 Å². The van der Waals surface area contributed by atoms with Gasteiger partial charge in [-0.1, -0.05) is 217 Å². The van der Waals surface area contributed by atoms with E-state index >= 15 is 0 Å². The van der Waals surface area contributed by atoms with E-state index in [2.05, 4.69) is 167 Å². The van der Waals surface area contributed by atoms with E-state index in [-0.39, 0.29) is 44.4 Å². The van der Waals surface area contributed by atoms with Crippen LogP contribution in [0.3, 0.4) is 0 Å². The molecule has 0 spiro atoms. The van der Waals surface area contributed by atoms with E-state index in [1.54, 1.807) is 0 Å². The minimum atomic E-state index is -0.867. The van der Waals surface area contributed by atoms with Gasteiger partial charge in [0, 0.05) is 19.3 Å². The lowest BCUT2D eigenvalue weighted by Crippen LogP contribution is -2.30. The highest BCUT2D eigenvalue weighted by molar-refractivity contribution is 5.71. The molecule has 0 rings (SSSR count). The van der Waals surface area contributed by atoms with Crippen molar-refractivity contribution in [1.82, 2.24) is 0 Å². The summed E-state index contributed by atoms with van der Waals surface area (Å²) in [4.78, 5) is 38.1. The van der Waals surface area contributed by atoms with Gasteiger partial charge < -0.3 is 14.2 Å².